The molecule has 0 amide bonds. The Hall–Kier alpha value is -1.28. The molecule has 0 atom stereocenters. The van der Waals surface area contributed by atoms with Gasteiger partial charge >= 0.3 is 0 Å². The SMILES string of the molecule is CC(=O)/C=C(/C)NCc1ccc(Cl)cc1. The maximum absolute atomic E-state index is 10.8. The molecule has 3 heteroatoms. The second kappa shape index (κ2) is 5.56. The summed E-state index contributed by atoms with van der Waals surface area (Å²) in [6, 6.07) is 7.61. The van der Waals surface area contributed by atoms with Gasteiger partial charge in [0.05, 0.1) is 0 Å². The van der Waals surface area contributed by atoms with E-state index < -0.39 is 0 Å². The van der Waals surface area contributed by atoms with Crippen LogP contribution in [0.3, 0.4) is 0 Å². The van der Waals surface area contributed by atoms with E-state index in [2.05, 4.69) is 5.32 Å². The molecular weight excluding hydrogens is 210 g/mol. The van der Waals surface area contributed by atoms with E-state index in [1.54, 1.807) is 6.08 Å². The average Bonchev–Trinajstić information content (AvgIpc) is 2.16. The number of benzene rings is 1. The van der Waals surface area contributed by atoms with Gasteiger partial charge in [0.2, 0.25) is 0 Å². The van der Waals surface area contributed by atoms with Crippen LogP contribution in [0.1, 0.15) is 19.4 Å². The predicted molar refractivity (Wildman–Crippen MR) is 62.7 cm³/mol. The number of allylic oxidation sites excluding steroid dienone is 2. The van der Waals surface area contributed by atoms with Crippen molar-refractivity contribution in [2.45, 2.75) is 20.4 Å². The van der Waals surface area contributed by atoms with E-state index in [1.165, 1.54) is 6.92 Å². The molecule has 1 aromatic carbocycles. The second-order valence-corrected chi connectivity index (χ2v) is 3.85. The first-order chi connectivity index (χ1) is 7.08. The van der Waals surface area contributed by atoms with Crippen molar-refractivity contribution in [3.8, 4) is 0 Å². The Kier molecular flexibility index (Phi) is 4.37. The minimum atomic E-state index is 0.0520. The van der Waals surface area contributed by atoms with E-state index in [-0.39, 0.29) is 5.78 Å². The van der Waals surface area contributed by atoms with E-state index in [0.717, 1.165) is 16.3 Å². The summed E-state index contributed by atoms with van der Waals surface area (Å²) in [5.74, 6) is 0.0520. The van der Waals surface area contributed by atoms with Gasteiger partial charge in [-0.2, -0.15) is 0 Å². The van der Waals surface area contributed by atoms with Gasteiger partial charge in [0.15, 0.2) is 5.78 Å². The molecule has 0 bridgehead atoms. The Labute approximate surface area is 94.9 Å². The molecule has 0 heterocycles. The second-order valence-electron chi connectivity index (χ2n) is 3.42. The summed E-state index contributed by atoms with van der Waals surface area (Å²) >= 11 is 5.77. The minimum absolute atomic E-state index is 0.0520. The molecule has 0 fully saturated rings. The number of nitrogens with one attached hydrogen (secondary N) is 1. The molecule has 0 aliphatic carbocycles. The number of hydrogen-bond acceptors (Lipinski definition) is 2. The molecule has 0 aliphatic rings. The van der Waals surface area contributed by atoms with Crippen LogP contribution in [-0.2, 0) is 11.3 Å². The normalized spacial score (nSPS) is 11.3. The third-order valence-corrected chi connectivity index (χ3v) is 2.16. The zero-order valence-electron chi connectivity index (χ0n) is 8.88. The van der Waals surface area contributed by atoms with Crippen LogP contribution >= 0.6 is 11.6 Å². The molecule has 0 radical (unpaired) electrons. The lowest BCUT2D eigenvalue weighted by molar-refractivity contribution is -0.112. The highest BCUT2D eigenvalue weighted by Gasteiger charge is 1.94. The lowest BCUT2D eigenvalue weighted by atomic mass is 10.2. The van der Waals surface area contributed by atoms with Gasteiger partial charge in [-0.3, -0.25) is 4.79 Å². The minimum Gasteiger partial charge on any atom is -0.384 e. The van der Waals surface area contributed by atoms with Crippen LogP contribution in [0, 0.1) is 0 Å². The van der Waals surface area contributed by atoms with Gasteiger partial charge in [-0.15, -0.1) is 0 Å². The van der Waals surface area contributed by atoms with E-state index in [9.17, 15) is 4.79 Å². The van der Waals surface area contributed by atoms with Crippen LogP contribution in [0.2, 0.25) is 5.02 Å². The zero-order chi connectivity index (χ0) is 11.3. The van der Waals surface area contributed by atoms with Crippen molar-refractivity contribution in [3.63, 3.8) is 0 Å². The molecular formula is C12H14ClNO. The van der Waals surface area contributed by atoms with Crippen LogP contribution in [0.4, 0.5) is 0 Å². The number of halogens is 1. The Morgan fingerprint density at radius 3 is 2.47 bits per heavy atom. The molecule has 0 saturated carbocycles. The van der Waals surface area contributed by atoms with Crippen LogP contribution in [0.25, 0.3) is 0 Å². The van der Waals surface area contributed by atoms with Gasteiger partial charge in [-0.1, -0.05) is 23.7 Å². The van der Waals surface area contributed by atoms with Gasteiger partial charge in [-0.05, 0) is 37.6 Å². The fourth-order valence-corrected chi connectivity index (χ4v) is 1.33. The van der Waals surface area contributed by atoms with E-state index in [1.807, 2.05) is 31.2 Å². The van der Waals surface area contributed by atoms with Gasteiger partial charge in [0.1, 0.15) is 0 Å². The van der Waals surface area contributed by atoms with Crippen molar-refractivity contribution in [3.05, 3.63) is 46.6 Å². The Bertz CT molecular complexity index is 368. The lowest BCUT2D eigenvalue weighted by Gasteiger charge is -2.06. The highest BCUT2D eigenvalue weighted by Crippen LogP contribution is 2.09. The number of ketones is 1. The summed E-state index contributed by atoms with van der Waals surface area (Å²) in [5, 5.41) is 3.88. The van der Waals surface area contributed by atoms with E-state index in [0.29, 0.717) is 6.54 Å². The summed E-state index contributed by atoms with van der Waals surface area (Å²) in [7, 11) is 0. The maximum atomic E-state index is 10.8. The van der Waals surface area contributed by atoms with Crippen molar-refractivity contribution >= 4 is 17.4 Å². The number of carbonyl (C=O) groups excluding carboxylic acids is 1. The molecule has 0 spiro atoms. The lowest BCUT2D eigenvalue weighted by Crippen LogP contribution is -2.11. The zero-order valence-corrected chi connectivity index (χ0v) is 9.64. The molecule has 1 aromatic rings. The number of carbonyl (C=O) groups is 1. The van der Waals surface area contributed by atoms with Crippen LogP contribution in [0.15, 0.2) is 36.0 Å². The molecule has 1 N–H and O–H groups in total. The summed E-state index contributed by atoms with van der Waals surface area (Å²) in [6.45, 7) is 4.11. The van der Waals surface area contributed by atoms with Gasteiger partial charge < -0.3 is 5.32 Å². The molecule has 1 rings (SSSR count). The summed E-state index contributed by atoms with van der Waals surface area (Å²) < 4.78 is 0. The van der Waals surface area contributed by atoms with Crippen molar-refractivity contribution in [1.29, 1.82) is 0 Å². The van der Waals surface area contributed by atoms with Gasteiger partial charge in [-0.25, -0.2) is 0 Å². The van der Waals surface area contributed by atoms with Crippen molar-refractivity contribution in [1.82, 2.24) is 5.32 Å². The fraction of sp³-hybridized carbons (Fsp3) is 0.250. The smallest absolute Gasteiger partial charge is 0.154 e. The van der Waals surface area contributed by atoms with Crippen molar-refractivity contribution in [2.24, 2.45) is 0 Å². The molecule has 2 nitrogen and oxygen atoms in total. The number of rotatable bonds is 4. The summed E-state index contributed by atoms with van der Waals surface area (Å²) in [5.41, 5.74) is 2.01. The standard InChI is InChI=1S/C12H14ClNO/c1-9(7-10(2)15)14-8-11-3-5-12(13)6-4-11/h3-7,14H,8H2,1-2H3/b9-7-. The van der Waals surface area contributed by atoms with Gasteiger partial charge in [0, 0.05) is 17.3 Å². The largest absolute Gasteiger partial charge is 0.384 e. The molecule has 0 aliphatic heterocycles. The van der Waals surface area contributed by atoms with Crippen LogP contribution < -0.4 is 5.32 Å². The maximum Gasteiger partial charge on any atom is 0.154 e. The third kappa shape index (κ3) is 4.66. The highest BCUT2D eigenvalue weighted by atomic mass is 35.5. The monoisotopic (exact) mass is 223 g/mol. The Morgan fingerprint density at radius 1 is 1.33 bits per heavy atom. The quantitative estimate of drug-likeness (QED) is 0.796. The average molecular weight is 224 g/mol. The molecule has 0 unspecified atom stereocenters. The fourth-order valence-electron chi connectivity index (χ4n) is 1.20. The topological polar surface area (TPSA) is 29.1 Å². The Balaban J connectivity index is 2.50. The first-order valence-electron chi connectivity index (χ1n) is 4.75. The van der Waals surface area contributed by atoms with Gasteiger partial charge in [0.25, 0.3) is 0 Å². The molecule has 80 valence electrons. The third-order valence-electron chi connectivity index (χ3n) is 1.90. The number of hydrogen-bond donors (Lipinski definition) is 1. The van der Waals surface area contributed by atoms with Crippen molar-refractivity contribution < 1.29 is 4.79 Å². The first kappa shape index (κ1) is 11.8. The van der Waals surface area contributed by atoms with Crippen molar-refractivity contribution in [2.75, 3.05) is 0 Å². The summed E-state index contributed by atoms with van der Waals surface area (Å²) in [6.07, 6.45) is 1.58. The van der Waals surface area contributed by atoms with E-state index >= 15 is 0 Å². The Morgan fingerprint density at radius 2 is 1.93 bits per heavy atom. The highest BCUT2D eigenvalue weighted by molar-refractivity contribution is 6.30. The van der Waals surface area contributed by atoms with Crippen LogP contribution in [-0.4, -0.2) is 5.78 Å². The summed E-state index contributed by atoms with van der Waals surface area (Å²) in [4.78, 5) is 10.8. The molecule has 0 saturated heterocycles. The van der Waals surface area contributed by atoms with Crippen LogP contribution in [0.5, 0.6) is 0 Å². The predicted octanol–water partition coefficient (Wildman–Crippen LogP) is 2.92. The van der Waals surface area contributed by atoms with E-state index in [4.69, 9.17) is 11.6 Å². The first-order valence-corrected chi connectivity index (χ1v) is 5.13. The molecule has 0 aromatic heterocycles. The molecule has 15 heavy (non-hydrogen) atoms.